The lowest BCUT2D eigenvalue weighted by Crippen LogP contribution is -2.51. The van der Waals surface area contributed by atoms with Gasteiger partial charge in [0.15, 0.2) is 0 Å². The minimum atomic E-state index is -1.11. The third-order valence-electron chi connectivity index (χ3n) is 4.94. The predicted molar refractivity (Wildman–Crippen MR) is 119 cm³/mol. The van der Waals surface area contributed by atoms with Crippen LogP contribution in [0.3, 0.4) is 0 Å². The largest absolute Gasteiger partial charge is 0.480 e. The molecule has 2 atom stereocenters. The number of amides is 2. The highest BCUT2D eigenvalue weighted by molar-refractivity contribution is 14.1. The molecule has 1 fully saturated rings. The summed E-state index contributed by atoms with van der Waals surface area (Å²) in [6.45, 7) is 0.523. The number of carbonyl (C=O) groups excluding carboxylic acids is 2. The maximum Gasteiger partial charge on any atom is 0.410 e. The molecule has 2 N–H and O–H groups in total. The van der Waals surface area contributed by atoms with Gasteiger partial charge in [-0.15, -0.1) is 0 Å². The summed E-state index contributed by atoms with van der Waals surface area (Å²) in [5, 5.41) is 12.2. The Kier molecular flexibility index (Phi) is 7.67. The van der Waals surface area contributed by atoms with E-state index in [1.807, 2.05) is 54.6 Å². The second-order valence-electron chi connectivity index (χ2n) is 7.13. The van der Waals surface area contributed by atoms with Crippen molar-refractivity contribution >= 4 is 40.6 Å². The Balaban J connectivity index is 1.60. The molecule has 30 heavy (non-hydrogen) atoms. The second-order valence-corrected chi connectivity index (χ2v) is 8.37. The van der Waals surface area contributed by atoms with Crippen molar-refractivity contribution in [2.24, 2.45) is 0 Å². The Morgan fingerprint density at radius 3 is 2.57 bits per heavy atom. The van der Waals surface area contributed by atoms with Crippen LogP contribution in [0.1, 0.15) is 24.0 Å². The first kappa shape index (κ1) is 22.1. The van der Waals surface area contributed by atoms with Gasteiger partial charge in [-0.25, -0.2) is 9.59 Å². The van der Waals surface area contributed by atoms with Crippen LogP contribution in [0.4, 0.5) is 4.79 Å². The summed E-state index contributed by atoms with van der Waals surface area (Å²) in [7, 11) is 0. The van der Waals surface area contributed by atoms with E-state index < -0.39 is 30.1 Å². The molecule has 1 aliphatic rings. The maximum atomic E-state index is 12.8. The molecule has 0 unspecified atom stereocenters. The fraction of sp³-hybridized carbons (Fsp3) is 0.318. The van der Waals surface area contributed by atoms with E-state index in [0.29, 0.717) is 19.4 Å². The van der Waals surface area contributed by atoms with Gasteiger partial charge in [0, 0.05) is 16.5 Å². The molecule has 2 amide bonds. The summed E-state index contributed by atoms with van der Waals surface area (Å²) in [5.74, 6) is -1.58. The van der Waals surface area contributed by atoms with Crippen LogP contribution in [0, 0.1) is 3.57 Å². The monoisotopic (exact) mass is 522 g/mol. The van der Waals surface area contributed by atoms with E-state index in [1.54, 1.807) is 0 Å². The summed E-state index contributed by atoms with van der Waals surface area (Å²) in [4.78, 5) is 38.3. The molecule has 7 nitrogen and oxygen atoms in total. The van der Waals surface area contributed by atoms with Crippen molar-refractivity contribution in [3.8, 4) is 0 Å². The molecule has 1 aliphatic heterocycles. The van der Waals surface area contributed by atoms with Gasteiger partial charge < -0.3 is 15.2 Å². The topological polar surface area (TPSA) is 95.9 Å². The molecule has 3 rings (SSSR count). The van der Waals surface area contributed by atoms with E-state index >= 15 is 0 Å². The number of nitrogens with one attached hydrogen (secondary N) is 1. The van der Waals surface area contributed by atoms with Gasteiger partial charge in [-0.2, -0.15) is 0 Å². The van der Waals surface area contributed by atoms with Crippen molar-refractivity contribution in [1.29, 1.82) is 0 Å². The van der Waals surface area contributed by atoms with Gasteiger partial charge in [0.1, 0.15) is 18.7 Å². The number of aliphatic carboxylic acids is 1. The first-order valence-electron chi connectivity index (χ1n) is 9.69. The van der Waals surface area contributed by atoms with Crippen molar-refractivity contribution in [2.45, 2.75) is 38.0 Å². The number of hydrogen-bond acceptors (Lipinski definition) is 4. The lowest BCUT2D eigenvalue weighted by Gasteiger charge is -2.25. The molecule has 2 aromatic rings. The zero-order chi connectivity index (χ0) is 21.5. The van der Waals surface area contributed by atoms with Crippen LogP contribution < -0.4 is 5.32 Å². The van der Waals surface area contributed by atoms with E-state index in [4.69, 9.17) is 4.74 Å². The zero-order valence-corrected chi connectivity index (χ0v) is 18.4. The summed E-state index contributed by atoms with van der Waals surface area (Å²) in [5.41, 5.74) is 1.68. The van der Waals surface area contributed by atoms with Crippen LogP contribution in [0.2, 0.25) is 0 Å². The highest BCUT2D eigenvalue weighted by atomic mass is 127. The Hall–Kier alpha value is -2.62. The average Bonchev–Trinajstić information content (AvgIpc) is 3.22. The molecular weight excluding hydrogens is 499 g/mol. The standard InChI is InChI=1S/C22H23IN2O5/c23-17-9-4-8-16(12-17)13-18(21(27)28)24-20(26)19-10-5-11-25(19)22(29)30-14-15-6-2-1-3-7-15/h1-4,6-9,12,18-19H,5,10-11,13-14H2,(H,24,26)(H,27,28)/t18-,19-/m1/s1. The molecule has 158 valence electrons. The lowest BCUT2D eigenvalue weighted by molar-refractivity contribution is -0.142. The zero-order valence-electron chi connectivity index (χ0n) is 16.3. The number of carboxylic acids is 1. The van der Waals surface area contributed by atoms with E-state index in [2.05, 4.69) is 27.9 Å². The third-order valence-corrected chi connectivity index (χ3v) is 5.61. The van der Waals surface area contributed by atoms with Gasteiger partial charge in [-0.05, 0) is 58.7 Å². The van der Waals surface area contributed by atoms with Crippen LogP contribution >= 0.6 is 22.6 Å². The number of hydrogen-bond donors (Lipinski definition) is 2. The second kappa shape index (κ2) is 10.4. The van der Waals surface area contributed by atoms with Gasteiger partial charge in [0.05, 0.1) is 0 Å². The summed E-state index contributed by atoms with van der Waals surface area (Å²) >= 11 is 2.15. The summed E-state index contributed by atoms with van der Waals surface area (Å²) < 4.78 is 6.33. The fourth-order valence-corrected chi connectivity index (χ4v) is 4.04. The Morgan fingerprint density at radius 1 is 1.13 bits per heavy atom. The number of halogens is 1. The minimum Gasteiger partial charge on any atom is -0.480 e. The van der Waals surface area contributed by atoms with E-state index in [9.17, 15) is 19.5 Å². The van der Waals surface area contributed by atoms with Gasteiger partial charge in [0.25, 0.3) is 0 Å². The molecule has 0 aliphatic carbocycles. The minimum absolute atomic E-state index is 0.120. The molecule has 0 bridgehead atoms. The molecule has 0 saturated carbocycles. The van der Waals surface area contributed by atoms with Crippen LogP contribution in [0.25, 0.3) is 0 Å². The molecule has 0 radical (unpaired) electrons. The van der Waals surface area contributed by atoms with Crippen molar-refractivity contribution in [3.05, 3.63) is 69.3 Å². The van der Waals surface area contributed by atoms with Crippen LogP contribution in [0.5, 0.6) is 0 Å². The highest BCUT2D eigenvalue weighted by Gasteiger charge is 2.36. The number of carboxylic acid groups (broad SMARTS) is 1. The number of ether oxygens (including phenoxy) is 1. The third kappa shape index (κ3) is 5.94. The Labute approximate surface area is 188 Å². The number of carbonyl (C=O) groups is 3. The first-order valence-corrected chi connectivity index (χ1v) is 10.8. The van der Waals surface area contributed by atoms with Crippen LogP contribution in [0.15, 0.2) is 54.6 Å². The molecule has 1 heterocycles. The molecule has 0 aromatic heterocycles. The van der Waals surface area contributed by atoms with Crippen molar-refractivity contribution in [2.75, 3.05) is 6.54 Å². The van der Waals surface area contributed by atoms with Gasteiger partial charge in [0.2, 0.25) is 5.91 Å². The number of rotatable bonds is 7. The van der Waals surface area contributed by atoms with E-state index in [0.717, 1.165) is 14.7 Å². The molecule has 0 spiro atoms. The number of benzene rings is 2. The Bertz CT molecular complexity index is 905. The molecule has 8 heteroatoms. The molecule has 1 saturated heterocycles. The van der Waals surface area contributed by atoms with Crippen molar-refractivity contribution in [3.63, 3.8) is 0 Å². The quantitative estimate of drug-likeness (QED) is 0.545. The van der Waals surface area contributed by atoms with E-state index in [-0.39, 0.29) is 13.0 Å². The summed E-state index contributed by atoms with van der Waals surface area (Å²) in [6, 6.07) is 15.0. The molecule has 2 aromatic carbocycles. The van der Waals surface area contributed by atoms with Crippen molar-refractivity contribution < 1.29 is 24.2 Å². The SMILES string of the molecule is O=C(N[C@H](Cc1cccc(I)c1)C(=O)O)[C@H]1CCCN1C(=O)OCc1ccccc1. The van der Waals surface area contributed by atoms with Gasteiger partial charge in [-0.3, -0.25) is 9.69 Å². The van der Waals surface area contributed by atoms with Crippen molar-refractivity contribution in [1.82, 2.24) is 10.2 Å². The van der Waals surface area contributed by atoms with Crippen LogP contribution in [-0.4, -0.2) is 46.6 Å². The van der Waals surface area contributed by atoms with Gasteiger partial charge in [-0.1, -0.05) is 42.5 Å². The highest BCUT2D eigenvalue weighted by Crippen LogP contribution is 2.20. The average molecular weight is 522 g/mol. The normalized spacial score (nSPS) is 16.7. The maximum absolute atomic E-state index is 12.8. The fourth-order valence-electron chi connectivity index (χ4n) is 3.43. The van der Waals surface area contributed by atoms with Gasteiger partial charge >= 0.3 is 12.1 Å². The smallest absolute Gasteiger partial charge is 0.410 e. The summed E-state index contributed by atoms with van der Waals surface area (Å²) in [6.07, 6.45) is 0.735. The number of nitrogens with zero attached hydrogens (tertiary/aromatic N) is 1. The van der Waals surface area contributed by atoms with Crippen LogP contribution in [-0.2, 0) is 27.4 Å². The predicted octanol–water partition coefficient (Wildman–Crippen LogP) is 3.20. The lowest BCUT2D eigenvalue weighted by atomic mass is 10.1. The first-order chi connectivity index (χ1) is 14.4. The van der Waals surface area contributed by atoms with E-state index in [1.165, 1.54) is 4.90 Å². The number of likely N-dealkylation sites (tertiary alicyclic amines) is 1. The Morgan fingerprint density at radius 2 is 1.87 bits per heavy atom. The molecular formula is C22H23IN2O5.